The first kappa shape index (κ1) is 13.0. The second-order valence-corrected chi connectivity index (χ2v) is 5.51. The predicted molar refractivity (Wildman–Crippen MR) is 83.6 cm³/mol. The normalized spacial score (nSPS) is 16.6. The molecule has 1 aliphatic heterocycles. The molecule has 0 bridgehead atoms. The molecule has 0 radical (unpaired) electrons. The number of aryl methyl sites for hydroxylation is 2. The number of hydrogen-bond acceptors (Lipinski definition) is 2. The van der Waals surface area contributed by atoms with Crippen LogP contribution in [0, 0.1) is 13.8 Å². The summed E-state index contributed by atoms with van der Waals surface area (Å²) in [5.74, 6) is 0.954. The lowest BCUT2D eigenvalue weighted by Crippen LogP contribution is -2.06. The number of rotatable bonds is 3. The maximum absolute atomic E-state index is 5.60. The van der Waals surface area contributed by atoms with E-state index in [0.29, 0.717) is 12.6 Å². The summed E-state index contributed by atoms with van der Waals surface area (Å²) in [5, 5.41) is 3.65. The third kappa shape index (κ3) is 2.38. The van der Waals surface area contributed by atoms with E-state index >= 15 is 0 Å². The summed E-state index contributed by atoms with van der Waals surface area (Å²) in [6.07, 6.45) is 1.05. The Morgan fingerprint density at radius 2 is 2.05 bits per heavy atom. The topological polar surface area (TPSA) is 21.3 Å². The Balaban J connectivity index is 1.88. The Bertz CT molecular complexity index is 633. The molecule has 1 N–H and O–H groups in total. The Morgan fingerprint density at radius 3 is 2.85 bits per heavy atom. The molecule has 20 heavy (non-hydrogen) atoms. The van der Waals surface area contributed by atoms with E-state index in [1.807, 2.05) is 13.0 Å². The molecular weight excluding hydrogens is 246 g/mol. The van der Waals surface area contributed by atoms with E-state index in [9.17, 15) is 0 Å². The summed E-state index contributed by atoms with van der Waals surface area (Å²) in [5.41, 5.74) is 6.73. The van der Waals surface area contributed by atoms with E-state index in [0.717, 1.165) is 12.2 Å². The van der Waals surface area contributed by atoms with E-state index in [2.05, 4.69) is 49.5 Å². The van der Waals surface area contributed by atoms with Crippen molar-refractivity contribution in [3.63, 3.8) is 0 Å². The first-order valence-electron chi connectivity index (χ1n) is 7.27. The molecule has 0 saturated heterocycles. The summed E-state index contributed by atoms with van der Waals surface area (Å²) >= 11 is 0. The maximum atomic E-state index is 5.60. The average Bonchev–Trinajstić information content (AvgIpc) is 2.83. The molecule has 1 atom stereocenters. The van der Waals surface area contributed by atoms with Gasteiger partial charge in [-0.25, -0.2) is 0 Å². The van der Waals surface area contributed by atoms with Crippen LogP contribution >= 0.6 is 0 Å². The highest BCUT2D eigenvalue weighted by Gasteiger charge is 2.23. The van der Waals surface area contributed by atoms with E-state index < -0.39 is 0 Å². The standard InChI is InChI=1S/C18H21NO/c1-4-20-15-7-5-6-14(10-15)17-11-16-13(3)8-12(2)9-18(16)19-17/h5-10,17,19H,4,11H2,1-3H3. The molecule has 0 aromatic heterocycles. The largest absolute Gasteiger partial charge is 0.494 e. The van der Waals surface area contributed by atoms with Crippen molar-refractivity contribution in [3.8, 4) is 5.75 Å². The van der Waals surface area contributed by atoms with Gasteiger partial charge in [-0.05, 0) is 67.6 Å². The highest BCUT2D eigenvalue weighted by Crippen LogP contribution is 2.37. The molecule has 104 valence electrons. The summed E-state index contributed by atoms with van der Waals surface area (Å²) in [6.45, 7) is 7.08. The summed E-state index contributed by atoms with van der Waals surface area (Å²) in [6, 6.07) is 13.3. The van der Waals surface area contributed by atoms with Gasteiger partial charge >= 0.3 is 0 Å². The van der Waals surface area contributed by atoms with Gasteiger partial charge in [-0.2, -0.15) is 0 Å². The molecular formula is C18H21NO. The highest BCUT2D eigenvalue weighted by atomic mass is 16.5. The van der Waals surface area contributed by atoms with Gasteiger partial charge in [0.15, 0.2) is 0 Å². The van der Waals surface area contributed by atoms with Crippen LogP contribution in [0.3, 0.4) is 0 Å². The Hall–Kier alpha value is -1.96. The number of benzene rings is 2. The van der Waals surface area contributed by atoms with Crippen LogP contribution in [0.25, 0.3) is 0 Å². The Morgan fingerprint density at radius 1 is 1.20 bits per heavy atom. The third-order valence-electron chi connectivity index (χ3n) is 3.93. The fourth-order valence-corrected chi connectivity index (χ4v) is 3.03. The van der Waals surface area contributed by atoms with Gasteiger partial charge in [0.2, 0.25) is 0 Å². The van der Waals surface area contributed by atoms with Gasteiger partial charge in [-0.1, -0.05) is 18.2 Å². The third-order valence-corrected chi connectivity index (χ3v) is 3.93. The summed E-state index contributed by atoms with van der Waals surface area (Å²) in [4.78, 5) is 0. The number of fused-ring (bicyclic) bond motifs is 1. The molecule has 0 amide bonds. The van der Waals surface area contributed by atoms with Crippen molar-refractivity contribution < 1.29 is 4.74 Å². The molecule has 2 heteroatoms. The van der Waals surface area contributed by atoms with Crippen LogP contribution < -0.4 is 10.1 Å². The van der Waals surface area contributed by atoms with Gasteiger partial charge < -0.3 is 10.1 Å². The minimum Gasteiger partial charge on any atom is -0.494 e. The van der Waals surface area contributed by atoms with Crippen LogP contribution in [0.5, 0.6) is 5.75 Å². The highest BCUT2D eigenvalue weighted by molar-refractivity contribution is 5.62. The number of anilines is 1. The number of hydrogen-bond donors (Lipinski definition) is 1. The van der Waals surface area contributed by atoms with Gasteiger partial charge in [0.25, 0.3) is 0 Å². The summed E-state index contributed by atoms with van der Waals surface area (Å²) in [7, 11) is 0. The van der Waals surface area contributed by atoms with E-state index in [4.69, 9.17) is 4.74 Å². The first-order valence-corrected chi connectivity index (χ1v) is 7.27. The van der Waals surface area contributed by atoms with Crippen LogP contribution in [-0.4, -0.2) is 6.61 Å². The van der Waals surface area contributed by atoms with E-state index in [-0.39, 0.29) is 0 Å². The molecule has 2 nitrogen and oxygen atoms in total. The van der Waals surface area contributed by atoms with Crippen molar-refractivity contribution in [1.82, 2.24) is 0 Å². The minimum atomic E-state index is 0.353. The summed E-state index contributed by atoms with van der Waals surface area (Å²) < 4.78 is 5.60. The maximum Gasteiger partial charge on any atom is 0.119 e. The van der Waals surface area contributed by atoms with Gasteiger partial charge in [0.1, 0.15) is 5.75 Å². The van der Waals surface area contributed by atoms with E-state index in [1.165, 1.54) is 27.9 Å². The van der Waals surface area contributed by atoms with Crippen molar-refractivity contribution >= 4 is 5.69 Å². The fraction of sp³-hybridized carbons (Fsp3) is 0.333. The molecule has 3 rings (SSSR count). The predicted octanol–water partition coefficient (Wildman–Crippen LogP) is 4.41. The number of ether oxygens (including phenoxy) is 1. The van der Waals surface area contributed by atoms with Crippen molar-refractivity contribution in [3.05, 3.63) is 58.7 Å². The van der Waals surface area contributed by atoms with Crippen molar-refractivity contribution in [1.29, 1.82) is 0 Å². The van der Waals surface area contributed by atoms with Gasteiger partial charge in [0.05, 0.1) is 12.6 Å². The molecule has 0 aliphatic carbocycles. The van der Waals surface area contributed by atoms with Crippen LogP contribution in [0.4, 0.5) is 5.69 Å². The molecule has 0 saturated carbocycles. The lowest BCUT2D eigenvalue weighted by Gasteiger charge is -2.13. The van der Waals surface area contributed by atoms with Gasteiger partial charge in [-0.3, -0.25) is 0 Å². The zero-order valence-corrected chi connectivity index (χ0v) is 12.4. The van der Waals surface area contributed by atoms with Gasteiger partial charge in [-0.15, -0.1) is 0 Å². The number of nitrogens with one attached hydrogen (secondary N) is 1. The van der Waals surface area contributed by atoms with Crippen LogP contribution in [0.2, 0.25) is 0 Å². The molecule has 2 aromatic rings. The van der Waals surface area contributed by atoms with E-state index in [1.54, 1.807) is 0 Å². The smallest absolute Gasteiger partial charge is 0.119 e. The minimum absolute atomic E-state index is 0.353. The van der Waals surface area contributed by atoms with Crippen molar-refractivity contribution in [2.45, 2.75) is 33.2 Å². The van der Waals surface area contributed by atoms with Gasteiger partial charge in [0, 0.05) is 5.69 Å². The Kier molecular flexibility index (Phi) is 3.39. The molecule has 0 spiro atoms. The lowest BCUT2D eigenvalue weighted by molar-refractivity contribution is 0.339. The van der Waals surface area contributed by atoms with Crippen molar-refractivity contribution in [2.75, 3.05) is 11.9 Å². The first-order chi connectivity index (χ1) is 9.67. The molecule has 1 aliphatic rings. The second-order valence-electron chi connectivity index (χ2n) is 5.51. The molecule has 1 heterocycles. The monoisotopic (exact) mass is 267 g/mol. The van der Waals surface area contributed by atoms with Crippen LogP contribution in [0.15, 0.2) is 36.4 Å². The fourth-order valence-electron chi connectivity index (χ4n) is 3.03. The lowest BCUT2D eigenvalue weighted by atomic mass is 9.99. The SMILES string of the molecule is CCOc1cccc(C2Cc3c(C)cc(C)cc3N2)c1. The second kappa shape index (κ2) is 5.20. The van der Waals surface area contributed by atoms with Crippen LogP contribution in [-0.2, 0) is 6.42 Å². The average molecular weight is 267 g/mol. The zero-order chi connectivity index (χ0) is 14.1. The molecule has 0 fully saturated rings. The quantitative estimate of drug-likeness (QED) is 0.889. The zero-order valence-electron chi connectivity index (χ0n) is 12.4. The Labute approximate surface area is 120 Å². The van der Waals surface area contributed by atoms with Crippen molar-refractivity contribution in [2.24, 2.45) is 0 Å². The molecule has 2 aromatic carbocycles. The molecule has 1 unspecified atom stereocenters. The van der Waals surface area contributed by atoms with Crippen LogP contribution in [0.1, 0.15) is 35.2 Å².